The van der Waals surface area contributed by atoms with Gasteiger partial charge in [0.1, 0.15) is 0 Å². The van der Waals surface area contributed by atoms with Crippen LogP contribution in [0.5, 0.6) is 0 Å². The average molecular weight is 550 g/mol. The van der Waals surface area contributed by atoms with E-state index in [1.807, 2.05) is 65.3 Å². The number of amides is 2. The summed E-state index contributed by atoms with van der Waals surface area (Å²) in [5.41, 5.74) is 2.67. The van der Waals surface area contributed by atoms with Gasteiger partial charge >= 0.3 is 0 Å². The third kappa shape index (κ3) is 6.42. The molecule has 2 aliphatic rings. The summed E-state index contributed by atoms with van der Waals surface area (Å²) in [5.74, 6) is 0.781. The highest BCUT2D eigenvalue weighted by Crippen LogP contribution is 2.32. The third-order valence-electron chi connectivity index (χ3n) is 7.62. The number of carbonyl (C=O) groups excluding carboxylic acids is 2. The molecule has 0 unspecified atom stereocenters. The van der Waals surface area contributed by atoms with E-state index in [4.69, 9.17) is 16.6 Å². The first-order chi connectivity index (χ1) is 18.9. The number of hydrogen-bond donors (Lipinski definition) is 2. The minimum Gasteiger partial charge on any atom is -0.360 e. The number of para-hydroxylation sites is 1. The number of anilines is 1. The second-order valence-corrected chi connectivity index (χ2v) is 11.1. The number of likely N-dealkylation sites (N-methyl/N-ethyl adjacent to an activating group) is 1. The Morgan fingerprint density at radius 3 is 2.56 bits per heavy atom. The summed E-state index contributed by atoms with van der Waals surface area (Å²) >= 11 is 6.48. The molecule has 9 nitrogen and oxygen atoms in total. The lowest BCUT2D eigenvalue weighted by Gasteiger charge is -2.37. The number of nitrogens with one attached hydrogen (secondary N) is 2. The topological polar surface area (TPSA) is 97.5 Å². The molecular formula is C29H36ClN7O2. The van der Waals surface area contributed by atoms with E-state index in [2.05, 4.69) is 15.3 Å². The van der Waals surface area contributed by atoms with E-state index in [0.29, 0.717) is 42.8 Å². The molecule has 0 bridgehead atoms. The normalized spacial score (nSPS) is 17.4. The van der Waals surface area contributed by atoms with Crippen molar-refractivity contribution in [3.63, 3.8) is 0 Å². The quantitative estimate of drug-likeness (QED) is 0.432. The van der Waals surface area contributed by atoms with Crippen LogP contribution < -0.4 is 5.32 Å². The van der Waals surface area contributed by atoms with Gasteiger partial charge in [-0.3, -0.25) is 9.59 Å². The zero-order valence-corrected chi connectivity index (χ0v) is 23.3. The van der Waals surface area contributed by atoms with E-state index >= 15 is 0 Å². The minimum absolute atomic E-state index is 0.0114. The van der Waals surface area contributed by atoms with Crippen molar-refractivity contribution in [3.05, 3.63) is 53.8 Å². The zero-order valence-electron chi connectivity index (χ0n) is 22.6. The molecule has 3 aromatic rings. The Bertz CT molecular complexity index is 1340. The maximum absolute atomic E-state index is 13.2. The lowest BCUT2D eigenvalue weighted by atomic mass is 9.93. The Kier molecular flexibility index (Phi) is 8.47. The summed E-state index contributed by atoms with van der Waals surface area (Å²) in [6, 6.07) is 8.24. The highest BCUT2D eigenvalue weighted by Gasteiger charge is 2.32. The number of rotatable bonds is 7. The first-order valence-electron chi connectivity index (χ1n) is 13.6. The van der Waals surface area contributed by atoms with E-state index in [1.165, 1.54) is 0 Å². The van der Waals surface area contributed by atoms with Crippen LogP contribution in [-0.4, -0.2) is 94.3 Å². The van der Waals surface area contributed by atoms with Gasteiger partial charge in [-0.1, -0.05) is 35.9 Å². The van der Waals surface area contributed by atoms with Gasteiger partial charge in [-0.05, 0) is 45.8 Å². The lowest BCUT2D eigenvalue weighted by molar-refractivity contribution is -0.140. The molecule has 2 aromatic heterocycles. The molecule has 10 heteroatoms. The Balaban J connectivity index is 1.12. The molecule has 0 saturated carbocycles. The standard InChI is InChI=1S/C29H36ClN7O2/c1-35(2)13-5-8-26(38)36-14-9-20(10-15-36)28(39)37-16-11-21(12-17-37)33-29-32-19-24(30)27(34-29)23-18-31-25-7-4-3-6-22(23)25/h3-8,18-21,31H,9-17H2,1-2H3,(H,32,33,34)/b8-5+. The van der Waals surface area contributed by atoms with Crippen molar-refractivity contribution in [1.82, 2.24) is 29.7 Å². The fourth-order valence-electron chi connectivity index (χ4n) is 5.39. The van der Waals surface area contributed by atoms with Crippen LogP contribution in [0.2, 0.25) is 5.02 Å². The van der Waals surface area contributed by atoms with Crippen LogP contribution in [0.25, 0.3) is 22.2 Å². The number of likely N-dealkylation sites (tertiary alicyclic amines) is 2. The lowest BCUT2D eigenvalue weighted by Crippen LogP contribution is -2.48. The summed E-state index contributed by atoms with van der Waals surface area (Å²) in [4.78, 5) is 43.9. The van der Waals surface area contributed by atoms with Crippen LogP contribution in [0.1, 0.15) is 25.7 Å². The smallest absolute Gasteiger partial charge is 0.246 e. The van der Waals surface area contributed by atoms with Gasteiger partial charge < -0.3 is 25.0 Å². The summed E-state index contributed by atoms with van der Waals surface area (Å²) in [5, 5.41) is 5.02. The maximum atomic E-state index is 13.2. The van der Waals surface area contributed by atoms with Crippen molar-refractivity contribution in [2.45, 2.75) is 31.7 Å². The fourth-order valence-corrected chi connectivity index (χ4v) is 5.59. The predicted octanol–water partition coefficient (Wildman–Crippen LogP) is 4.04. The molecule has 0 atom stereocenters. The number of aromatic amines is 1. The molecular weight excluding hydrogens is 514 g/mol. The average Bonchev–Trinajstić information content (AvgIpc) is 3.38. The van der Waals surface area contributed by atoms with E-state index in [1.54, 1.807) is 12.3 Å². The molecule has 2 fully saturated rings. The van der Waals surface area contributed by atoms with Gasteiger partial charge in [0.15, 0.2) is 0 Å². The first kappa shape index (κ1) is 27.1. The van der Waals surface area contributed by atoms with Crippen LogP contribution in [0.4, 0.5) is 5.95 Å². The van der Waals surface area contributed by atoms with Gasteiger partial charge in [-0.2, -0.15) is 0 Å². The van der Waals surface area contributed by atoms with Gasteiger partial charge in [0.25, 0.3) is 0 Å². The van der Waals surface area contributed by atoms with Crippen LogP contribution >= 0.6 is 11.6 Å². The molecule has 5 rings (SSSR count). The van der Waals surface area contributed by atoms with E-state index in [9.17, 15) is 9.59 Å². The van der Waals surface area contributed by atoms with Crippen molar-refractivity contribution in [2.75, 3.05) is 52.1 Å². The number of H-pyrrole nitrogens is 1. The van der Waals surface area contributed by atoms with Gasteiger partial charge in [0.05, 0.1) is 16.9 Å². The number of aromatic nitrogens is 3. The second-order valence-electron chi connectivity index (χ2n) is 10.6. The number of fused-ring (bicyclic) bond motifs is 1. The highest BCUT2D eigenvalue weighted by molar-refractivity contribution is 6.33. The van der Waals surface area contributed by atoms with Gasteiger partial charge in [0, 0.05) is 73.4 Å². The third-order valence-corrected chi connectivity index (χ3v) is 7.89. The Morgan fingerprint density at radius 2 is 1.82 bits per heavy atom. The van der Waals surface area contributed by atoms with Crippen LogP contribution in [0.15, 0.2) is 48.8 Å². The van der Waals surface area contributed by atoms with Crippen molar-refractivity contribution < 1.29 is 9.59 Å². The van der Waals surface area contributed by atoms with Crippen LogP contribution in [-0.2, 0) is 9.59 Å². The fraction of sp³-hybridized carbons (Fsp3) is 0.448. The molecule has 0 aliphatic carbocycles. The number of carbonyl (C=O) groups is 2. The summed E-state index contributed by atoms with van der Waals surface area (Å²) in [6.07, 6.45) is 10.2. The van der Waals surface area contributed by atoms with Gasteiger partial charge in [-0.15, -0.1) is 0 Å². The van der Waals surface area contributed by atoms with Gasteiger partial charge in [0.2, 0.25) is 17.8 Å². The van der Waals surface area contributed by atoms with Crippen LogP contribution in [0.3, 0.4) is 0 Å². The first-order valence-corrected chi connectivity index (χ1v) is 14.0. The van der Waals surface area contributed by atoms with E-state index < -0.39 is 0 Å². The Morgan fingerprint density at radius 1 is 1.10 bits per heavy atom. The highest BCUT2D eigenvalue weighted by atomic mass is 35.5. The predicted molar refractivity (Wildman–Crippen MR) is 155 cm³/mol. The summed E-state index contributed by atoms with van der Waals surface area (Å²) in [7, 11) is 3.94. The molecule has 39 heavy (non-hydrogen) atoms. The molecule has 2 saturated heterocycles. The molecule has 2 N–H and O–H groups in total. The number of benzene rings is 1. The number of halogens is 1. The zero-order chi connectivity index (χ0) is 27.4. The van der Waals surface area contributed by atoms with Gasteiger partial charge in [-0.25, -0.2) is 9.97 Å². The van der Waals surface area contributed by atoms with Crippen molar-refractivity contribution in [3.8, 4) is 11.3 Å². The van der Waals surface area contributed by atoms with E-state index in [0.717, 1.165) is 48.7 Å². The number of piperidine rings is 2. The second kappa shape index (κ2) is 12.2. The molecule has 2 aliphatic heterocycles. The summed E-state index contributed by atoms with van der Waals surface area (Å²) in [6.45, 7) is 3.40. The minimum atomic E-state index is -0.0114. The molecule has 206 valence electrons. The molecule has 4 heterocycles. The van der Waals surface area contributed by atoms with Crippen LogP contribution in [0, 0.1) is 5.92 Å². The SMILES string of the molecule is CN(C)C/C=C/C(=O)N1CCC(C(=O)N2CCC(Nc3ncc(Cl)c(-c4c[nH]c5ccccc45)n3)CC2)CC1. The number of nitrogens with zero attached hydrogens (tertiary/aromatic N) is 5. The number of hydrogen-bond acceptors (Lipinski definition) is 6. The molecule has 2 amide bonds. The molecule has 1 aromatic carbocycles. The maximum Gasteiger partial charge on any atom is 0.246 e. The van der Waals surface area contributed by atoms with Crippen molar-refractivity contribution >= 4 is 40.3 Å². The largest absolute Gasteiger partial charge is 0.360 e. The Hall–Kier alpha value is -3.43. The summed E-state index contributed by atoms with van der Waals surface area (Å²) < 4.78 is 0. The van der Waals surface area contributed by atoms with E-state index in [-0.39, 0.29) is 23.8 Å². The Labute approximate surface area is 234 Å². The monoisotopic (exact) mass is 549 g/mol. The van der Waals surface area contributed by atoms with Crippen molar-refractivity contribution in [1.29, 1.82) is 0 Å². The molecule has 0 radical (unpaired) electrons. The molecule has 0 spiro atoms. The van der Waals surface area contributed by atoms with Crippen molar-refractivity contribution in [2.24, 2.45) is 5.92 Å².